The normalized spacial score (nSPS) is 15.5. The van der Waals surface area contributed by atoms with Gasteiger partial charge in [0, 0.05) is 38.2 Å². The van der Waals surface area contributed by atoms with Gasteiger partial charge in [-0.15, -0.1) is 0 Å². The monoisotopic (exact) mass is 645 g/mol. The van der Waals surface area contributed by atoms with Crippen LogP contribution in [0.4, 0.5) is 4.79 Å². The Morgan fingerprint density at radius 3 is 1.85 bits per heavy atom. The molecule has 0 aromatic heterocycles. The largest absolute Gasteiger partial charge is 0.446 e. The molecule has 0 atom stereocenters. The van der Waals surface area contributed by atoms with E-state index in [0.717, 1.165) is 67.6 Å². The smallest absolute Gasteiger partial charge is 0.408 e. The molecule has 248 valence electrons. The van der Waals surface area contributed by atoms with E-state index >= 15 is 0 Å². The van der Waals surface area contributed by atoms with Gasteiger partial charge in [0.25, 0.3) is 11.8 Å². The van der Waals surface area contributed by atoms with Crippen LogP contribution in [-0.4, -0.2) is 78.6 Å². The first-order chi connectivity index (χ1) is 23.3. The Morgan fingerprint density at radius 2 is 1.29 bits per heavy atom. The second-order valence-corrected chi connectivity index (χ2v) is 13.6. The number of piperidine rings is 1. The number of likely N-dealkylation sites (tertiary alicyclic amines) is 1. The van der Waals surface area contributed by atoms with Gasteiger partial charge >= 0.3 is 6.09 Å². The highest BCUT2D eigenvalue weighted by atomic mass is 16.6. The highest BCUT2D eigenvalue weighted by Gasteiger charge is 2.35. The molecule has 4 aromatic carbocycles. The molecule has 0 saturated carbocycles. The van der Waals surface area contributed by atoms with Gasteiger partial charge in [-0.1, -0.05) is 97.1 Å². The molecule has 1 fully saturated rings. The maximum absolute atomic E-state index is 13.0. The molecule has 0 spiro atoms. The van der Waals surface area contributed by atoms with Gasteiger partial charge in [0.05, 0.1) is 37.8 Å². The van der Waals surface area contributed by atoms with Crippen LogP contribution in [0.3, 0.4) is 0 Å². The second kappa shape index (κ2) is 15.0. The number of imide groups is 1. The maximum atomic E-state index is 13.0. The van der Waals surface area contributed by atoms with E-state index < -0.39 is 0 Å². The van der Waals surface area contributed by atoms with E-state index in [4.69, 9.17) is 4.74 Å². The van der Waals surface area contributed by atoms with Gasteiger partial charge in [0.1, 0.15) is 12.6 Å². The van der Waals surface area contributed by atoms with Crippen molar-refractivity contribution in [2.75, 3.05) is 40.3 Å². The van der Waals surface area contributed by atoms with Crippen LogP contribution in [0.1, 0.15) is 68.3 Å². The molecule has 1 N–H and O–H groups in total. The van der Waals surface area contributed by atoms with E-state index in [9.17, 15) is 14.4 Å². The molecular weight excluding hydrogens is 600 g/mol. The molecule has 0 bridgehead atoms. The van der Waals surface area contributed by atoms with Gasteiger partial charge in [-0.3, -0.25) is 19.4 Å². The highest BCUT2D eigenvalue weighted by Crippen LogP contribution is 2.25. The average molecular weight is 646 g/mol. The molecule has 4 aromatic rings. The molecule has 0 radical (unpaired) electrons. The number of nitrogens with zero attached hydrogens (tertiary/aromatic N) is 3. The number of rotatable bonds is 12. The van der Waals surface area contributed by atoms with E-state index in [-0.39, 0.29) is 30.1 Å². The van der Waals surface area contributed by atoms with Gasteiger partial charge in [-0.2, -0.15) is 0 Å². The molecule has 2 aliphatic rings. The Morgan fingerprint density at radius 1 is 0.771 bits per heavy atom. The van der Waals surface area contributed by atoms with Crippen molar-refractivity contribution >= 4 is 17.9 Å². The fourth-order valence-corrected chi connectivity index (χ4v) is 6.82. The van der Waals surface area contributed by atoms with Gasteiger partial charge in [-0.05, 0) is 41.7 Å². The lowest BCUT2D eigenvalue weighted by Crippen LogP contribution is -2.41. The van der Waals surface area contributed by atoms with Crippen LogP contribution in [0.25, 0.3) is 0 Å². The summed E-state index contributed by atoms with van der Waals surface area (Å²) in [5.74, 6) is -0.371. The summed E-state index contributed by atoms with van der Waals surface area (Å²) < 4.78 is 6.66. The van der Waals surface area contributed by atoms with Crippen LogP contribution < -0.4 is 5.32 Å². The molecule has 8 nitrogen and oxygen atoms in total. The minimum Gasteiger partial charge on any atom is -0.446 e. The van der Waals surface area contributed by atoms with Crippen molar-refractivity contribution in [1.29, 1.82) is 0 Å². The summed E-state index contributed by atoms with van der Waals surface area (Å²) in [5.41, 5.74) is 5.57. The van der Waals surface area contributed by atoms with Crippen LogP contribution in [0.5, 0.6) is 0 Å². The zero-order chi connectivity index (χ0) is 33.5. The SMILES string of the molecule is C[N+](C)(CCCN1C(=O)c2ccccc2C1=O)Cc1ccc(CN2CCC(OC(=O)NC(c3ccccc3)c3ccccc3)CC2)cc1. The van der Waals surface area contributed by atoms with E-state index in [1.165, 1.54) is 16.0 Å². The van der Waals surface area contributed by atoms with Gasteiger partial charge in [0.15, 0.2) is 0 Å². The first-order valence-electron chi connectivity index (χ1n) is 16.9. The van der Waals surface area contributed by atoms with Crippen LogP contribution in [0.15, 0.2) is 109 Å². The van der Waals surface area contributed by atoms with E-state index in [2.05, 4.69) is 48.6 Å². The highest BCUT2D eigenvalue weighted by molar-refractivity contribution is 6.21. The van der Waals surface area contributed by atoms with Crippen LogP contribution in [-0.2, 0) is 17.8 Å². The van der Waals surface area contributed by atoms with E-state index in [1.54, 1.807) is 24.3 Å². The molecule has 8 heteroatoms. The summed E-state index contributed by atoms with van der Waals surface area (Å²) in [6, 6.07) is 35.6. The number of ether oxygens (including phenoxy) is 1. The molecule has 3 amide bonds. The lowest BCUT2D eigenvalue weighted by Gasteiger charge is -2.32. The zero-order valence-corrected chi connectivity index (χ0v) is 27.9. The molecule has 6 rings (SSSR count). The standard InChI is InChI=1S/C40H44N4O4/c1-44(2,27-11-24-43-38(45)35-16-9-10-17-36(35)39(43)46)29-31-20-18-30(19-21-31)28-42-25-22-34(23-26-42)48-40(47)41-37(32-12-5-3-6-13-32)33-14-7-4-8-15-33/h3-10,12-21,34,37H,11,22-29H2,1-2H3/p+1. The minimum absolute atomic E-state index is 0.104. The van der Waals surface area contributed by atoms with Crippen LogP contribution in [0, 0.1) is 0 Å². The topological polar surface area (TPSA) is 79.0 Å². The number of fused-ring (bicyclic) bond motifs is 1. The third kappa shape index (κ3) is 8.19. The number of carbonyl (C=O) groups excluding carboxylic acids is 3. The minimum atomic E-state index is -0.383. The Balaban J connectivity index is 0.927. The third-order valence-electron chi connectivity index (χ3n) is 9.40. The Kier molecular flexibility index (Phi) is 10.3. The number of alkyl carbamates (subject to hydrolysis) is 1. The third-order valence-corrected chi connectivity index (χ3v) is 9.40. The van der Waals surface area contributed by atoms with E-state index in [0.29, 0.717) is 17.7 Å². The van der Waals surface area contributed by atoms with Gasteiger partial charge in [0.2, 0.25) is 0 Å². The number of hydrogen-bond donors (Lipinski definition) is 1. The van der Waals surface area contributed by atoms with Gasteiger partial charge in [-0.25, -0.2) is 4.79 Å². The van der Waals surface area contributed by atoms with Crippen molar-refractivity contribution in [2.24, 2.45) is 0 Å². The summed E-state index contributed by atoms with van der Waals surface area (Å²) in [6.07, 6.45) is 1.87. The average Bonchev–Trinajstić information content (AvgIpc) is 3.34. The van der Waals surface area contributed by atoms with Crippen LogP contribution >= 0.6 is 0 Å². The van der Waals surface area contributed by atoms with Crippen molar-refractivity contribution in [3.05, 3.63) is 143 Å². The fourth-order valence-electron chi connectivity index (χ4n) is 6.82. The summed E-state index contributed by atoms with van der Waals surface area (Å²) in [5, 5.41) is 3.09. The lowest BCUT2D eigenvalue weighted by molar-refractivity contribution is -0.903. The van der Waals surface area contributed by atoms with Gasteiger partial charge < -0.3 is 14.5 Å². The first-order valence-corrected chi connectivity index (χ1v) is 16.9. The first kappa shape index (κ1) is 33.1. The number of benzene rings is 4. The van der Waals surface area contributed by atoms with Crippen LogP contribution in [0.2, 0.25) is 0 Å². The predicted molar refractivity (Wildman–Crippen MR) is 186 cm³/mol. The van der Waals surface area contributed by atoms with E-state index in [1.807, 2.05) is 60.7 Å². The number of carbonyl (C=O) groups is 3. The molecule has 1 saturated heterocycles. The number of amides is 3. The molecule has 0 aliphatic carbocycles. The maximum Gasteiger partial charge on any atom is 0.408 e. The van der Waals surface area contributed by atoms with Crippen molar-refractivity contribution in [2.45, 2.75) is 44.5 Å². The second-order valence-electron chi connectivity index (χ2n) is 13.6. The number of quaternary nitrogens is 1. The summed E-state index contributed by atoms with van der Waals surface area (Å²) in [6.45, 7) is 4.75. The number of nitrogens with one attached hydrogen (secondary N) is 1. The van der Waals surface area contributed by atoms with Crippen molar-refractivity contribution in [3.63, 3.8) is 0 Å². The van der Waals surface area contributed by atoms with Crippen molar-refractivity contribution in [3.8, 4) is 0 Å². The quantitative estimate of drug-likeness (QED) is 0.142. The van der Waals surface area contributed by atoms with Crippen molar-refractivity contribution < 1.29 is 23.6 Å². The Hall–Kier alpha value is -4.79. The molecular formula is C40H45N4O4+. The molecule has 2 heterocycles. The Bertz CT molecular complexity index is 1630. The Labute approximate surface area is 283 Å². The zero-order valence-electron chi connectivity index (χ0n) is 27.9. The summed E-state index contributed by atoms with van der Waals surface area (Å²) >= 11 is 0. The lowest BCUT2D eigenvalue weighted by atomic mass is 9.99. The molecule has 0 unspecified atom stereocenters. The fraction of sp³-hybridized carbons (Fsp3) is 0.325. The molecule has 2 aliphatic heterocycles. The van der Waals surface area contributed by atoms with Crippen molar-refractivity contribution in [1.82, 2.24) is 15.1 Å². The predicted octanol–water partition coefficient (Wildman–Crippen LogP) is 6.43. The number of hydrogen-bond acceptors (Lipinski definition) is 5. The summed E-state index contributed by atoms with van der Waals surface area (Å²) in [4.78, 5) is 42.2. The molecule has 48 heavy (non-hydrogen) atoms. The summed E-state index contributed by atoms with van der Waals surface area (Å²) in [7, 11) is 4.37.